The summed E-state index contributed by atoms with van der Waals surface area (Å²) in [6.07, 6.45) is 0. The predicted molar refractivity (Wildman–Crippen MR) is 113 cm³/mol. The number of carbonyl (C=O) groups is 1. The zero-order valence-corrected chi connectivity index (χ0v) is 17.3. The third kappa shape index (κ3) is 5.32. The van der Waals surface area contributed by atoms with E-state index in [-0.39, 0.29) is 18.0 Å². The van der Waals surface area contributed by atoms with Gasteiger partial charge in [0.05, 0.1) is 23.3 Å². The normalized spacial score (nSPS) is 12.2. The van der Waals surface area contributed by atoms with Crippen molar-refractivity contribution in [3.63, 3.8) is 0 Å². The van der Waals surface area contributed by atoms with Gasteiger partial charge in [0.1, 0.15) is 5.76 Å². The number of fused-ring (bicyclic) bond motifs is 1. The highest BCUT2D eigenvalue weighted by Crippen LogP contribution is 2.31. The molecule has 2 heterocycles. The van der Waals surface area contributed by atoms with Gasteiger partial charge in [0.25, 0.3) is 0 Å². The van der Waals surface area contributed by atoms with Gasteiger partial charge in [-0.1, -0.05) is 12.1 Å². The van der Waals surface area contributed by atoms with Crippen molar-refractivity contribution in [3.05, 3.63) is 42.2 Å². The Bertz CT molecular complexity index is 951. The van der Waals surface area contributed by atoms with E-state index < -0.39 is 0 Å². The molecular formula is C20H25N5O2S. The molecule has 0 atom stereocenters. The molecule has 0 saturated carbocycles. The number of benzene rings is 1. The van der Waals surface area contributed by atoms with Crippen LogP contribution >= 0.6 is 11.3 Å². The maximum Gasteiger partial charge on any atom is 0.239 e. The number of aliphatic imine (C=N–C) groups is 1. The summed E-state index contributed by atoms with van der Waals surface area (Å²) in [7, 11) is 1.66. The second-order valence-corrected chi connectivity index (χ2v) is 8.36. The van der Waals surface area contributed by atoms with Crippen LogP contribution in [0, 0.1) is 0 Å². The molecule has 148 valence electrons. The summed E-state index contributed by atoms with van der Waals surface area (Å²) < 4.78 is 7.04. The highest BCUT2D eigenvalue weighted by Gasteiger charge is 2.14. The highest BCUT2D eigenvalue weighted by atomic mass is 32.1. The third-order valence-electron chi connectivity index (χ3n) is 3.75. The first kappa shape index (κ1) is 19.9. The number of amides is 1. The van der Waals surface area contributed by atoms with Gasteiger partial charge in [-0.2, -0.15) is 0 Å². The largest absolute Gasteiger partial charge is 0.457 e. The summed E-state index contributed by atoms with van der Waals surface area (Å²) in [6.45, 7) is 6.42. The fourth-order valence-corrected chi connectivity index (χ4v) is 3.51. The maximum atomic E-state index is 11.9. The van der Waals surface area contributed by atoms with E-state index in [2.05, 4.69) is 25.9 Å². The van der Waals surface area contributed by atoms with Crippen molar-refractivity contribution in [1.82, 2.24) is 20.9 Å². The lowest BCUT2D eigenvalue weighted by atomic mass is 10.1. The molecule has 0 fully saturated rings. The van der Waals surface area contributed by atoms with E-state index in [1.54, 1.807) is 18.4 Å². The molecule has 3 aromatic rings. The Morgan fingerprint density at radius 2 is 1.96 bits per heavy atom. The van der Waals surface area contributed by atoms with E-state index in [4.69, 9.17) is 4.42 Å². The maximum absolute atomic E-state index is 11.9. The Morgan fingerprint density at radius 1 is 1.18 bits per heavy atom. The lowest BCUT2D eigenvalue weighted by Crippen LogP contribution is -2.48. The van der Waals surface area contributed by atoms with Gasteiger partial charge in [0.2, 0.25) is 5.91 Å². The van der Waals surface area contributed by atoms with E-state index in [0.717, 1.165) is 26.7 Å². The minimum absolute atomic E-state index is 0.0911. The highest BCUT2D eigenvalue weighted by molar-refractivity contribution is 7.21. The molecular weight excluding hydrogens is 374 g/mol. The molecule has 3 rings (SSSR count). The number of thiazole rings is 1. The SMILES string of the molecule is CN=C(NCC(=O)NC(C)(C)C)NCc1ccc(-c2nc3ccccc3s2)o1. The monoisotopic (exact) mass is 399 g/mol. The molecule has 0 saturated heterocycles. The summed E-state index contributed by atoms with van der Waals surface area (Å²) in [5, 5.41) is 9.89. The number of hydrogen-bond acceptors (Lipinski definition) is 5. The van der Waals surface area contributed by atoms with Crippen LogP contribution < -0.4 is 16.0 Å². The number of furan rings is 1. The van der Waals surface area contributed by atoms with Crippen molar-refractivity contribution in [2.45, 2.75) is 32.9 Å². The fourth-order valence-electron chi connectivity index (χ4n) is 2.58. The average Bonchev–Trinajstić information content (AvgIpc) is 3.27. The minimum Gasteiger partial charge on any atom is -0.457 e. The first-order chi connectivity index (χ1) is 13.3. The lowest BCUT2D eigenvalue weighted by Gasteiger charge is -2.21. The second-order valence-electron chi connectivity index (χ2n) is 7.33. The van der Waals surface area contributed by atoms with Crippen LogP contribution in [0.25, 0.3) is 21.0 Å². The molecule has 0 bridgehead atoms. The minimum atomic E-state index is -0.263. The molecule has 3 N–H and O–H groups in total. The van der Waals surface area contributed by atoms with Gasteiger partial charge in [0.15, 0.2) is 16.7 Å². The van der Waals surface area contributed by atoms with E-state index in [9.17, 15) is 4.79 Å². The zero-order valence-electron chi connectivity index (χ0n) is 16.5. The van der Waals surface area contributed by atoms with Crippen LogP contribution in [-0.2, 0) is 11.3 Å². The zero-order chi connectivity index (χ0) is 20.1. The quantitative estimate of drug-likeness (QED) is 0.453. The van der Waals surface area contributed by atoms with Gasteiger partial charge in [-0.25, -0.2) is 4.98 Å². The number of para-hydroxylation sites is 1. The third-order valence-corrected chi connectivity index (χ3v) is 4.80. The van der Waals surface area contributed by atoms with Gasteiger partial charge in [-0.05, 0) is 45.0 Å². The molecule has 28 heavy (non-hydrogen) atoms. The molecule has 2 aromatic heterocycles. The van der Waals surface area contributed by atoms with Crippen molar-refractivity contribution >= 4 is 33.4 Å². The number of aromatic nitrogens is 1. The number of guanidine groups is 1. The average molecular weight is 400 g/mol. The molecule has 0 aliphatic carbocycles. The van der Waals surface area contributed by atoms with Crippen LogP contribution in [0.2, 0.25) is 0 Å². The number of hydrogen-bond donors (Lipinski definition) is 3. The number of carbonyl (C=O) groups excluding carboxylic acids is 1. The van der Waals surface area contributed by atoms with Crippen molar-refractivity contribution < 1.29 is 9.21 Å². The van der Waals surface area contributed by atoms with Crippen molar-refractivity contribution in [1.29, 1.82) is 0 Å². The van der Waals surface area contributed by atoms with Crippen LogP contribution in [-0.4, -0.2) is 36.0 Å². The molecule has 0 aliphatic rings. The molecule has 1 amide bonds. The topological polar surface area (TPSA) is 91.5 Å². The van der Waals surface area contributed by atoms with Gasteiger partial charge in [-0.15, -0.1) is 11.3 Å². The van der Waals surface area contributed by atoms with Crippen LogP contribution in [0.4, 0.5) is 0 Å². The fraction of sp³-hybridized carbons (Fsp3) is 0.350. The van der Waals surface area contributed by atoms with Crippen LogP contribution in [0.1, 0.15) is 26.5 Å². The standard InChI is InChI=1S/C20H25N5O2S/c1-20(2,3)25-17(26)12-23-19(21-4)22-11-13-9-10-15(27-13)18-24-14-7-5-6-8-16(14)28-18/h5-10H,11-12H2,1-4H3,(H,25,26)(H2,21,22,23). The smallest absolute Gasteiger partial charge is 0.239 e. The van der Waals surface area contributed by atoms with Crippen LogP contribution in [0.5, 0.6) is 0 Å². The van der Waals surface area contributed by atoms with Gasteiger partial charge >= 0.3 is 0 Å². The van der Waals surface area contributed by atoms with E-state index in [1.807, 2.05) is 57.2 Å². The summed E-state index contributed by atoms with van der Waals surface area (Å²) >= 11 is 1.60. The Morgan fingerprint density at radius 3 is 2.68 bits per heavy atom. The first-order valence-corrected chi connectivity index (χ1v) is 9.86. The number of rotatable bonds is 5. The molecule has 0 spiro atoms. The van der Waals surface area contributed by atoms with Crippen LogP contribution in [0.15, 0.2) is 45.8 Å². The first-order valence-electron chi connectivity index (χ1n) is 9.04. The van der Waals surface area contributed by atoms with Crippen LogP contribution in [0.3, 0.4) is 0 Å². The molecule has 1 aromatic carbocycles. The van der Waals surface area contributed by atoms with E-state index in [1.165, 1.54) is 0 Å². The van der Waals surface area contributed by atoms with Crippen molar-refractivity contribution in [2.75, 3.05) is 13.6 Å². The molecule has 7 nitrogen and oxygen atoms in total. The Hall–Kier alpha value is -2.87. The molecule has 0 aliphatic heterocycles. The Balaban J connectivity index is 1.55. The summed E-state index contributed by atoms with van der Waals surface area (Å²) in [6, 6.07) is 11.8. The van der Waals surface area contributed by atoms with Gasteiger partial charge in [0, 0.05) is 12.6 Å². The molecule has 8 heteroatoms. The van der Waals surface area contributed by atoms with Crippen molar-refractivity contribution in [3.8, 4) is 10.8 Å². The summed E-state index contributed by atoms with van der Waals surface area (Å²) in [5.74, 6) is 1.94. The lowest BCUT2D eigenvalue weighted by molar-refractivity contribution is -0.121. The van der Waals surface area contributed by atoms with Crippen molar-refractivity contribution in [2.24, 2.45) is 4.99 Å². The van der Waals surface area contributed by atoms with Gasteiger partial charge < -0.3 is 20.4 Å². The second kappa shape index (κ2) is 8.43. The van der Waals surface area contributed by atoms with E-state index in [0.29, 0.717) is 12.5 Å². The molecule has 0 radical (unpaired) electrons. The predicted octanol–water partition coefficient (Wildman–Crippen LogP) is 3.14. The van der Waals surface area contributed by atoms with E-state index >= 15 is 0 Å². The summed E-state index contributed by atoms with van der Waals surface area (Å²) in [4.78, 5) is 20.6. The number of nitrogens with zero attached hydrogens (tertiary/aromatic N) is 2. The molecule has 0 unspecified atom stereocenters. The van der Waals surface area contributed by atoms with Gasteiger partial charge in [-0.3, -0.25) is 9.79 Å². The number of nitrogens with one attached hydrogen (secondary N) is 3. The Kier molecular flexibility index (Phi) is 5.99. The Labute approximate surface area is 168 Å². The summed E-state index contributed by atoms with van der Waals surface area (Å²) in [5.41, 5.74) is 0.706.